The molecular weight excluding hydrogens is 417 g/mol. The Morgan fingerprint density at radius 2 is 2.00 bits per heavy atom. The summed E-state index contributed by atoms with van der Waals surface area (Å²) in [6.45, 7) is 5.20. The summed E-state index contributed by atoms with van der Waals surface area (Å²) < 4.78 is 31.9. The van der Waals surface area contributed by atoms with Crippen molar-refractivity contribution < 1.29 is 13.5 Å². The number of benzene rings is 1. The molecule has 1 saturated heterocycles. The molecule has 0 aliphatic carbocycles. The zero-order valence-corrected chi connectivity index (χ0v) is 15.5. The van der Waals surface area contributed by atoms with Crippen LogP contribution in [-0.2, 0) is 11.3 Å². The number of nitrogens with one attached hydrogen (secondary N) is 2. The van der Waals surface area contributed by atoms with Crippen molar-refractivity contribution in [1.82, 2.24) is 15.5 Å². The fraction of sp³-hybridized carbons (Fsp3) is 0.533. The summed E-state index contributed by atoms with van der Waals surface area (Å²) in [6.07, 6.45) is 0. The van der Waals surface area contributed by atoms with Gasteiger partial charge in [-0.15, -0.1) is 24.0 Å². The summed E-state index contributed by atoms with van der Waals surface area (Å²) in [6, 6.07) is 3.42. The molecule has 1 fully saturated rings. The molecule has 1 aliphatic rings. The fourth-order valence-electron chi connectivity index (χ4n) is 2.24. The number of hydrogen-bond donors (Lipinski definition) is 2. The van der Waals surface area contributed by atoms with Crippen LogP contribution in [0.5, 0.6) is 0 Å². The first-order valence-corrected chi connectivity index (χ1v) is 7.37. The van der Waals surface area contributed by atoms with Gasteiger partial charge in [0.25, 0.3) is 0 Å². The minimum absolute atomic E-state index is 0. The normalized spacial score (nSPS) is 15.9. The molecule has 2 rings (SSSR count). The van der Waals surface area contributed by atoms with E-state index in [1.165, 1.54) is 6.07 Å². The molecule has 130 valence electrons. The Balaban J connectivity index is 0.00000264. The van der Waals surface area contributed by atoms with Gasteiger partial charge in [-0.2, -0.15) is 0 Å². The van der Waals surface area contributed by atoms with Gasteiger partial charge in [-0.3, -0.25) is 9.89 Å². The third-order valence-corrected chi connectivity index (χ3v) is 3.50. The highest BCUT2D eigenvalue weighted by atomic mass is 127. The van der Waals surface area contributed by atoms with E-state index >= 15 is 0 Å². The van der Waals surface area contributed by atoms with Crippen molar-refractivity contribution in [3.05, 3.63) is 35.4 Å². The maximum atomic E-state index is 13.5. The first kappa shape index (κ1) is 20.0. The van der Waals surface area contributed by atoms with Crippen LogP contribution in [0.2, 0.25) is 0 Å². The quantitative estimate of drug-likeness (QED) is 0.415. The van der Waals surface area contributed by atoms with E-state index < -0.39 is 11.6 Å². The average Bonchev–Trinajstić information content (AvgIpc) is 2.54. The lowest BCUT2D eigenvalue weighted by atomic mass is 10.2. The van der Waals surface area contributed by atoms with Gasteiger partial charge in [0.15, 0.2) is 5.96 Å². The number of morpholine rings is 1. The van der Waals surface area contributed by atoms with Gasteiger partial charge in [0.2, 0.25) is 0 Å². The zero-order chi connectivity index (χ0) is 15.8. The molecule has 0 spiro atoms. The first-order valence-electron chi connectivity index (χ1n) is 7.37. The molecule has 1 aliphatic heterocycles. The summed E-state index contributed by atoms with van der Waals surface area (Å²) in [5.41, 5.74) is 0.274. The van der Waals surface area contributed by atoms with Gasteiger partial charge in [0.1, 0.15) is 11.6 Å². The minimum atomic E-state index is -0.450. The summed E-state index contributed by atoms with van der Waals surface area (Å²) in [5.74, 6) is -0.317. The lowest BCUT2D eigenvalue weighted by Crippen LogP contribution is -2.44. The molecule has 1 aromatic rings. The van der Waals surface area contributed by atoms with Crippen molar-refractivity contribution in [1.29, 1.82) is 0 Å². The number of ether oxygens (including phenoxy) is 1. The third-order valence-electron chi connectivity index (χ3n) is 3.50. The number of hydrogen-bond acceptors (Lipinski definition) is 3. The van der Waals surface area contributed by atoms with Crippen molar-refractivity contribution in [2.24, 2.45) is 4.99 Å². The van der Waals surface area contributed by atoms with Crippen molar-refractivity contribution in [3.63, 3.8) is 0 Å². The molecule has 0 radical (unpaired) electrons. The van der Waals surface area contributed by atoms with Gasteiger partial charge >= 0.3 is 0 Å². The summed E-state index contributed by atoms with van der Waals surface area (Å²) in [7, 11) is 1.64. The van der Waals surface area contributed by atoms with Crippen LogP contribution in [0.3, 0.4) is 0 Å². The number of aliphatic imine (C=N–C) groups is 1. The minimum Gasteiger partial charge on any atom is -0.379 e. The van der Waals surface area contributed by atoms with Crippen molar-refractivity contribution in [3.8, 4) is 0 Å². The van der Waals surface area contributed by atoms with E-state index in [4.69, 9.17) is 4.74 Å². The van der Waals surface area contributed by atoms with Crippen LogP contribution < -0.4 is 10.6 Å². The first-order chi connectivity index (χ1) is 10.7. The van der Waals surface area contributed by atoms with Crippen molar-refractivity contribution in [2.75, 3.05) is 46.4 Å². The van der Waals surface area contributed by atoms with Gasteiger partial charge in [-0.1, -0.05) is 0 Å². The lowest BCUT2D eigenvalue weighted by molar-refractivity contribution is 0.0389. The molecule has 23 heavy (non-hydrogen) atoms. The highest BCUT2D eigenvalue weighted by Crippen LogP contribution is 2.08. The number of nitrogens with zero attached hydrogens (tertiary/aromatic N) is 2. The topological polar surface area (TPSA) is 48.9 Å². The van der Waals surface area contributed by atoms with E-state index in [0.717, 1.165) is 51.5 Å². The summed E-state index contributed by atoms with van der Waals surface area (Å²) in [5, 5.41) is 6.14. The Hall–Kier alpha value is -1.00. The van der Waals surface area contributed by atoms with Crippen molar-refractivity contribution >= 4 is 29.9 Å². The molecular formula is C15H23F2IN4O. The number of halogens is 3. The molecule has 2 N–H and O–H groups in total. The number of guanidine groups is 1. The smallest absolute Gasteiger partial charge is 0.191 e. The van der Waals surface area contributed by atoms with E-state index in [9.17, 15) is 8.78 Å². The monoisotopic (exact) mass is 440 g/mol. The maximum absolute atomic E-state index is 13.5. The Kier molecular flexibility index (Phi) is 9.34. The van der Waals surface area contributed by atoms with Gasteiger partial charge < -0.3 is 15.4 Å². The average molecular weight is 440 g/mol. The fourth-order valence-corrected chi connectivity index (χ4v) is 2.24. The highest BCUT2D eigenvalue weighted by Gasteiger charge is 2.10. The highest BCUT2D eigenvalue weighted by molar-refractivity contribution is 14.0. The Bertz CT molecular complexity index is 510. The van der Waals surface area contributed by atoms with Gasteiger partial charge in [0.05, 0.1) is 13.2 Å². The van der Waals surface area contributed by atoms with E-state index in [1.54, 1.807) is 7.05 Å². The largest absolute Gasteiger partial charge is 0.379 e. The zero-order valence-electron chi connectivity index (χ0n) is 13.1. The molecule has 5 nitrogen and oxygen atoms in total. The molecule has 0 aromatic heterocycles. The molecule has 1 aromatic carbocycles. The Labute approximate surface area is 152 Å². The standard InChI is InChI=1S/C15H22F2N4O.HI/c1-18-15(19-4-5-21-6-8-22-9-7-21)20-11-12-10-13(16)2-3-14(12)17;/h2-3,10H,4-9,11H2,1H3,(H2,18,19,20);1H. The second kappa shape index (κ2) is 10.7. The van der Waals surface area contributed by atoms with Gasteiger partial charge in [-0.05, 0) is 18.2 Å². The molecule has 0 bridgehead atoms. The van der Waals surface area contributed by atoms with Crippen LogP contribution in [0, 0.1) is 11.6 Å². The SMILES string of the molecule is CN=C(NCCN1CCOCC1)NCc1cc(F)ccc1F.I. The lowest BCUT2D eigenvalue weighted by Gasteiger charge is -2.26. The predicted molar refractivity (Wildman–Crippen MR) is 97.2 cm³/mol. The van der Waals surface area contributed by atoms with Crippen molar-refractivity contribution in [2.45, 2.75) is 6.54 Å². The van der Waals surface area contributed by atoms with Crippen LogP contribution in [0.25, 0.3) is 0 Å². The van der Waals surface area contributed by atoms with E-state index in [2.05, 4.69) is 20.5 Å². The third kappa shape index (κ3) is 6.96. The molecule has 0 saturated carbocycles. The maximum Gasteiger partial charge on any atom is 0.191 e. The Morgan fingerprint density at radius 1 is 1.26 bits per heavy atom. The summed E-state index contributed by atoms with van der Waals surface area (Å²) >= 11 is 0. The molecule has 0 atom stereocenters. The molecule has 0 unspecified atom stereocenters. The van der Waals surface area contributed by atoms with Gasteiger partial charge in [0, 0.05) is 45.3 Å². The Morgan fingerprint density at radius 3 is 2.70 bits per heavy atom. The molecule has 1 heterocycles. The number of rotatable bonds is 5. The van der Waals surface area contributed by atoms with Crippen LogP contribution in [-0.4, -0.2) is 57.3 Å². The van der Waals surface area contributed by atoms with Crippen LogP contribution in [0.4, 0.5) is 8.78 Å². The second-order valence-corrected chi connectivity index (χ2v) is 5.04. The second-order valence-electron chi connectivity index (χ2n) is 5.04. The van der Waals surface area contributed by atoms with Crippen LogP contribution >= 0.6 is 24.0 Å². The van der Waals surface area contributed by atoms with E-state index in [-0.39, 0.29) is 36.1 Å². The van der Waals surface area contributed by atoms with E-state index in [1.807, 2.05) is 0 Å². The summed E-state index contributed by atoms with van der Waals surface area (Å²) in [4.78, 5) is 6.37. The van der Waals surface area contributed by atoms with Crippen LogP contribution in [0.15, 0.2) is 23.2 Å². The van der Waals surface area contributed by atoms with Crippen LogP contribution in [0.1, 0.15) is 5.56 Å². The molecule has 8 heteroatoms. The van der Waals surface area contributed by atoms with E-state index in [0.29, 0.717) is 5.96 Å². The van der Waals surface area contributed by atoms with Gasteiger partial charge in [-0.25, -0.2) is 8.78 Å². The molecule has 0 amide bonds. The predicted octanol–water partition coefficient (Wildman–Crippen LogP) is 1.58.